The zero-order valence-electron chi connectivity index (χ0n) is 12.3. The molecule has 0 radical (unpaired) electrons. The maximum atomic E-state index is 12.9. The molecule has 0 bridgehead atoms. The molecule has 0 saturated heterocycles. The number of hydrogen-bond donors (Lipinski definition) is 2. The van der Waals surface area contributed by atoms with E-state index in [4.69, 9.17) is 0 Å². The van der Waals surface area contributed by atoms with E-state index in [1.807, 2.05) is 0 Å². The van der Waals surface area contributed by atoms with Crippen molar-refractivity contribution in [3.63, 3.8) is 0 Å². The number of carbonyl (C=O) groups is 1. The summed E-state index contributed by atoms with van der Waals surface area (Å²) in [7, 11) is -3.89. The van der Waals surface area contributed by atoms with Crippen LogP contribution in [0.1, 0.15) is 18.4 Å². The number of carboxylic acids is 1. The fourth-order valence-corrected chi connectivity index (χ4v) is 3.32. The van der Waals surface area contributed by atoms with Gasteiger partial charge < -0.3 is 5.11 Å². The number of aryl methyl sites for hydroxylation is 1. The third-order valence-electron chi connectivity index (χ3n) is 3.30. The molecule has 124 valence electrons. The second kappa shape index (κ2) is 6.88. The Bertz CT molecular complexity index is 787. The third-order valence-corrected chi connectivity index (χ3v) is 4.74. The Hall–Kier alpha value is -2.26. The van der Waals surface area contributed by atoms with Crippen LogP contribution in [0.25, 0.3) is 0 Å². The smallest absolute Gasteiger partial charge is 0.312 e. The molecule has 0 aliphatic carbocycles. The van der Waals surface area contributed by atoms with Gasteiger partial charge in [0.2, 0.25) is 0 Å². The maximum absolute atomic E-state index is 12.9. The first-order valence-electron chi connectivity index (χ1n) is 6.85. The van der Waals surface area contributed by atoms with Gasteiger partial charge in [-0.2, -0.15) is 5.10 Å². The van der Waals surface area contributed by atoms with Gasteiger partial charge in [-0.3, -0.25) is 9.48 Å². The third kappa shape index (κ3) is 3.93. The predicted octanol–water partition coefficient (Wildman–Crippen LogP) is 1.19. The molecule has 1 heterocycles. The lowest BCUT2D eigenvalue weighted by molar-refractivity contribution is -0.138. The van der Waals surface area contributed by atoms with Crippen LogP contribution in [0.2, 0.25) is 0 Å². The minimum absolute atomic E-state index is 0.0387. The van der Waals surface area contributed by atoms with E-state index in [-0.39, 0.29) is 11.6 Å². The number of sulfonamides is 1. The van der Waals surface area contributed by atoms with Gasteiger partial charge in [-0.25, -0.2) is 17.5 Å². The molecule has 0 aliphatic rings. The van der Waals surface area contributed by atoms with Gasteiger partial charge >= 0.3 is 5.97 Å². The van der Waals surface area contributed by atoms with E-state index in [0.29, 0.717) is 12.1 Å². The Balaban J connectivity index is 2.19. The second-order valence-electron chi connectivity index (χ2n) is 4.78. The van der Waals surface area contributed by atoms with Crippen molar-refractivity contribution in [2.75, 3.05) is 6.54 Å². The van der Waals surface area contributed by atoms with Crippen molar-refractivity contribution in [1.82, 2.24) is 14.5 Å². The molecule has 7 nitrogen and oxygen atoms in total. The summed E-state index contributed by atoms with van der Waals surface area (Å²) in [5.41, 5.74) is 0.311. The number of halogens is 1. The van der Waals surface area contributed by atoms with Crippen LogP contribution in [0.5, 0.6) is 0 Å². The standard InChI is InChI=1S/C14H16FN3O4S/c1-2-18-13(7-8-16-18)23(21,22)17-9-12(14(19)20)10-3-5-11(15)6-4-10/h3-8,12,17H,2,9H2,1H3,(H,19,20). The lowest BCUT2D eigenvalue weighted by Crippen LogP contribution is -2.33. The molecule has 1 aromatic carbocycles. The van der Waals surface area contributed by atoms with Gasteiger partial charge in [0.15, 0.2) is 5.03 Å². The lowest BCUT2D eigenvalue weighted by atomic mass is 10.00. The van der Waals surface area contributed by atoms with Gasteiger partial charge in [0, 0.05) is 13.1 Å². The molecule has 2 aromatic rings. The first-order chi connectivity index (χ1) is 10.8. The van der Waals surface area contributed by atoms with Crippen molar-refractivity contribution >= 4 is 16.0 Å². The van der Waals surface area contributed by atoms with Gasteiger partial charge in [-0.1, -0.05) is 12.1 Å². The number of hydrogen-bond acceptors (Lipinski definition) is 4. The highest BCUT2D eigenvalue weighted by molar-refractivity contribution is 7.89. The number of rotatable bonds is 7. The molecule has 0 saturated carbocycles. The van der Waals surface area contributed by atoms with Gasteiger partial charge in [0.1, 0.15) is 5.82 Å². The zero-order valence-corrected chi connectivity index (χ0v) is 13.1. The number of benzene rings is 1. The van der Waals surface area contributed by atoms with Crippen LogP contribution in [0.3, 0.4) is 0 Å². The Kier molecular flexibility index (Phi) is 5.12. The SMILES string of the molecule is CCn1nccc1S(=O)(=O)NCC(C(=O)O)c1ccc(F)cc1. The molecule has 23 heavy (non-hydrogen) atoms. The minimum atomic E-state index is -3.89. The topological polar surface area (TPSA) is 101 Å². The first kappa shape index (κ1) is 17.1. The molecule has 2 rings (SSSR count). The summed E-state index contributed by atoms with van der Waals surface area (Å²) in [6, 6.07) is 6.23. The predicted molar refractivity (Wildman–Crippen MR) is 79.9 cm³/mol. The summed E-state index contributed by atoms with van der Waals surface area (Å²) < 4.78 is 41.0. The van der Waals surface area contributed by atoms with E-state index >= 15 is 0 Å². The molecule has 1 atom stereocenters. The van der Waals surface area contributed by atoms with E-state index < -0.39 is 27.7 Å². The van der Waals surface area contributed by atoms with Crippen molar-refractivity contribution in [2.24, 2.45) is 0 Å². The van der Waals surface area contributed by atoms with Gasteiger partial charge in [-0.05, 0) is 30.7 Å². The number of carboxylic acid groups (broad SMARTS) is 1. The molecule has 0 amide bonds. The highest BCUT2D eigenvalue weighted by Gasteiger charge is 2.25. The molecular formula is C14H16FN3O4S. The monoisotopic (exact) mass is 341 g/mol. The average molecular weight is 341 g/mol. The van der Waals surface area contributed by atoms with Crippen molar-refractivity contribution in [3.8, 4) is 0 Å². The summed E-state index contributed by atoms with van der Waals surface area (Å²) in [6.45, 7) is 1.76. The van der Waals surface area contributed by atoms with Crippen LogP contribution in [0.4, 0.5) is 4.39 Å². The van der Waals surface area contributed by atoms with E-state index in [1.165, 1.54) is 29.1 Å². The van der Waals surface area contributed by atoms with Crippen LogP contribution < -0.4 is 4.72 Å². The second-order valence-corrected chi connectivity index (χ2v) is 6.49. The van der Waals surface area contributed by atoms with Crippen LogP contribution in [-0.2, 0) is 21.4 Å². The highest BCUT2D eigenvalue weighted by atomic mass is 32.2. The summed E-state index contributed by atoms with van der Waals surface area (Å²) in [4.78, 5) is 11.4. The summed E-state index contributed by atoms with van der Waals surface area (Å²) in [6.07, 6.45) is 1.35. The van der Waals surface area contributed by atoms with Gasteiger partial charge in [0.25, 0.3) is 10.0 Å². The molecule has 1 unspecified atom stereocenters. The summed E-state index contributed by atoms with van der Waals surface area (Å²) in [5, 5.41) is 13.1. The molecule has 9 heteroatoms. The lowest BCUT2D eigenvalue weighted by Gasteiger charge is -2.14. The van der Waals surface area contributed by atoms with Crippen LogP contribution >= 0.6 is 0 Å². The number of nitrogens with zero attached hydrogens (tertiary/aromatic N) is 2. The van der Waals surface area contributed by atoms with Crippen molar-refractivity contribution in [1.29, 1.82) is 0 Å². The van der Waals surface area contributed by atoms with E-state index in [9.17, 15) is 22.7 Å². The fourth-order valence-electron chi connectivity index (χ4n) is 2.10. The van der Waals surface area contributed by atoms with Gasteiger partial charge in [-0.15, -0.1) is 0 Å². The largest absolute Gasteiger partial charge is 0.481 e. The molecule has 0 aliphatic heterocycles. The Morgan fingerprint density at radius 2 is 2.00 bits per heavy atom. The fraction of sp³-hybridized carbons (Fsp3) is 0.286. The number of nitrogens with one attached hydrogen (secondary N) is 1. The van der Waals surface area contributed by atoms with Crippen molar-refractivity contribution < 1.29 is 22.7 Å². The Morgan fingerprint density at radius 3 is 2.57 bits per heavy atom. The van der Waals surface area contributed by atoms with Crippen LogP contribution in [0.15, 0.2) is 41.6 Å². The first-order valence-corrected chi connectivity index (χ1v) is 8.33. The normalized spacial score (nSPS) is 13.0. The Labute approximate surface area is 132 Å². The zero-order chi connectivity index (χ0) is 17.0. The molecule has 0 spiro atoms. The molecule has 2 N–H and O–H groups in total. The van der Waals surface area contributed by atoms with E-state index in [2.05, 4.69) is 9.82 Å². The Morgan fingerprint density at radius 1 is 1.35 bits per heavy atom. The van der Waals surface area contributed by atoms with E-state index in [1.54, 1.807) is 6.92 Å². The quantitative estimate of drug-likeness (QED) is 0.788. The van der Waals surface area contributed by atoms with Crippen molar-refractivity contribution in [3.05, 3.63) is 47.9 Å². The maximum Gasteiger partial charge on any atom is 0.312 e. The minimum Gasteiger partial charge on any atom is -0.481 e. The average Bonchev–Trinajstić information content (AvgIpc) is 2.98. The summed E-state index contributed by atoms with van der Waals surface area (Å²) >= 11 is 0. The van der Waals surface area contributed by atoms with E-state index in [0.717, 1.165) is 12.1 Å². The molecule has 1 aromatic heterocycles. The molecular weight excluding hydrogens is 325 g/mol. The van der Waals surface area contributed by atoms with Crippen LogP contribution in [-0.4, -0.2) is 35.8 Å². The number of aromatic nitrogens is 2. The summed E-state index contributed by atoms with van der Waals surface area (Å²) in [5.74, 6) is -2.82. The van der Waals surface area contributed by atoms with Crippen LogP contribution in [0, 0.1) is 5.82 Å². The van der Waals surface area contributed by atoms with Gasteiger partial charge in [0.05, 0.1) is 12.1 Å². The van der Waals surface area contributed by atoms with Crippen molar-refractivity contribution in [2.45, 2.75) is 24.4 Å². The number of aliphatic carboxylic acids is 1. The molecule has 0 fully saturated rings. The highest BCUT2D eigenvalue weighted by Crippen LogP contribution is 2.17.